The molecule has 7 heteroatoms. The molecule has 7 nitrogen and oxygen atoms in total. The smallest absolute Gasteiger partial charge is 0.253 e. The highest BCUT2D eigenvalue weighted by Crippen LogP contribution is 2.31. The third-order valence-electron chi connectivity index (χ3n) is 6.44. The normalized spacial score (nSPS) is 14.3. The minimum absolute atomic E-state index is 0.0663. The zero-order valence-corrected chi connectivity index (χ0v) is 19.8. The number of fused-ring (bicyclic) bond motifs is 1. The molecule has 0 bridgehead atoms. The van der Waals surface area contributed by atoms with Gasteiger partial charge in [0.1, 0.15) is 11.6 Å². The van der Waals surface area contributed by atoms with E-state index >= 15 is 0 Å². The van der Waals surface area contributed by atoms with Crippen molar-refractivity contribution in [3.05, 3.63) is 72.6 Å². The van der Waals surface area contributed by atoms with Gasteiger partial charge in [-0.3, -0.25) is 9.78 Å². The predicted octanol–water partition coefficient (Wildman–Crippen LogP) is 5.90. The van der Waals surface area contributed by atoms with Gasteiger partial charge in [0.05, 0.1) is 23.9 Å². The molecule has 1 aliphatic carbocycles. The quantitative estimate of drug-likeness (QED) is 0.343. The minimum atomic E-state index is -0.0663. The molecule has 2 aromatic carbocycles. The number of nitrogens with zero attached hydrogens (tertiary/aromatic N) is 3. The Morgan fingerprint density at radius 3 is 2.57 bits per heavy atom. The molecule has 0 saturated heterocycles. The Balaban J connectivity index is 1.52. The Hall–Kier alpha value is -4.00. The molecule has 2 aromatic heterocycles. The number of anilines is 2. The van der Waals surface area contributed by atoms with Crippen molar-refractivity contribution in [2.24, 2.45) is 0 Å². The summed E-state index contributed by atoms with van der Waals surface area (Å²) in [4.78, 5) is 27.0. The molecule has 1 fully saturated rings. The van der Waals surface area contributed by atoms with Crippen LogP contribution in [0.1, 0.15) is 48.9 Å². The molecule has 2 N–H and O–H groups in total. The molecule has 1 saturated carbocycles. The highest BCUT2D eigenvalue weighted by Gasteiger charge is 2.19. The summed E-state index contributed by atoms with van der Waals surface area (Å²) in [6.45, 7) is 0. The molecule has 35 heavy (non-hydrogen) atoms. The zero-order valence-electron chi connectivity index (χ0n) is 19.8. The lowest BCUT2D eigenvalue weighted by Gasteiger charge is -2.18. The first-order chi connectivity index (χ1) is 17.2. The van der Waals surface area contributed by atoms with Crippen LogP contribution in [-0.2, 0) is 0 Å². The fraction of sp³-hybridized carbons (Fsp3) is 0.286. The molecule has 0 spiro atoms. The van der Waals surface area contributed by atoms with Crippen LogP contribution in [0.25, 0.3) is 22.3 Å². The third-order valence-corrected chi connectivity index (χ3v) is 6.44. The average Bonchev–Trinajstić information content (AvgIpc) is 3.18. The summed E-state index contributed by atoms with van der Waals surface area (Å²) in [5.41, 5.74) is 2.86. The van der Waals surface area contributed by atoms with Crippen LogP contribution in [0, 0.1) is 0 Å². The summed E-state index contributed by atoms with van der Waals surface area (Å²) in [5.74, 6) is 1.79. The van der Waals surface area contributed by atoms with E-state index < -0.39 is 0 Å². The number of nitrogens with one attached hydrogen (secondary N) is 2. The monoisotopic (exact) mass is 467 g/mol. The predicted molar refractivity (Wildman–Crippen MR) is 138 cm³/mol. The van der Waals surface area contributed by atoms with Crippen molar-refractivity contribution in [1.82, 2.24) is 20.3 Å². The van der Waals surface area contributed by atoms with Crippen LogP contribution in [0.15, 0.2) is 67.0 Å². The molecule has 178 valence electrons. The van der Waals surface area contributed by atoms with Crippen molar-refractivity contribution in [2.75, 3.05) is 12.4 Å². The van der Waals surface area contributed by atoms with E-state index in [0.29, 0.717) is 28.6 Å². The minimum Gasteiger partial charge on any atom is -0.497 e. The molecule has 0 radical (unpaired) electrons. The Morgan fingerprint density at radius 1 is 0.971 bits per heavy atom. The van der Waals surface area contributed by atoms with Gasteiger partial charge in [-0.05, 0) is 55.3 Å². The number of carbonyl (C=O) groups excluding carboxylic acids is 1. The van der Waals surface area contributed by atoms with Gasteiger partial charge < -0.3 is 15.4 Å². The van der Waals surface area contributed by atoms with E-state index in [4.69, 9.17) is 14.7 Å². The van der Waals surface area contributed by atoms with Crippen LogP contribution in [0.5, 0.6) is 5.75 Å². The molecule has 1 amide bonds. The molecular weight excluding hydrogens is 438 g/mol. The number of benzene rings is 2. The topological polar surface area (TPSA) is 89.0 Å². The number of rotatable bonds is 6. The molecule has 5 rings (SSSR count). The largest absolute Gasteiger partial charge is 0.497 e. The van der Waals surface area contributed by atoms with Crippen molar-refractivity contribution in [1.29, 1.82) is 0 Å². The number of pyridine rings is 1. The van der Waals surface area contributed by atoms with E-state index in [9.17, 15) is 4.79 Å². The van der Waals surface area contributed by atoms with E-state index in [2.05, 4.69) is 15.6 Å². The van der Waals surface area contributed by atoms with Gasteiger partial charge in [-0.25, -0.2) is 9.97 Å². The van der Waals surface area contributed by atoms with Crippen LogP contribution < -0.4 is 15.4 Å². The van der Waals surface area contributed by atoms with Gasteiger partial charge >= 0.3 is 0 Å². The van der Waals surface area contributed by atoms with Crippen molar-refractivity contribution < 1.29 is 9.53 Å². The number of ether oxygens (including phenoxy) is 1. The fourth-order valence-corrected chi connectivity index (χ4v) is 4.56. The molecule has 0 aliphatic heterocycles. The van der Waals surface area contributed by atoms with Gasteiger partial charge in [-0.15, -0.1) is 0 Å². The Labute approximate surface area is 205 Å². The second-order valence-corrected chi connectivity index (χ2v) is 8.85. The van der Waals surface area contributed by atoms with Crippen molar-refractivity contribution in [3.63, 3.8) is 0 Å². The van der Waals surface area contributed by atoms with Gasteiger partial charge in [-0.2, -0.15) is 0 Å². The molecule has 0 atom stereocenters. The van der Waals surface area contributed by atoms with Gasteiger partial charge in [0.15, 0.2) is 5.82 Å². The third kappa shape index (κ3) is 5.24. The van der Waals surface area contributed by atoms with E-state index in [-0.39, 0.29) is 11.9 Å². The molecule has 1 aliphatic rings. The number of hydrogen-bond donors (Lipinski definition) is 2. The van der Waals surface area contributed by atoms with Gasteiger partial charge in [0.2, 0.25) is 0 Å². The second kappa shape index (κ2) is 10.5. The summed E-state index contributed by atoms with van der Waals surface area (Å²) >= 11 is 0. The Bertz CT molecular complexity index is 1320. The summed E-state index contributed by atoms with van der Waals surface area (Å²) in [5, 5.41) is 7.48. The number of carbonyl (C=O) groups is 1. The van der Waals surface area contributed by atoms with E-state index in [1.54, 1.807) is 19.5 Å². The van der Waals surface area contributed by atoms with Gasteiger partial charge in [0, 0.05) is 29.4 Å². The highest BCUT2D eigenvalue weighted by molar-refractivity contribution is 6.02. The van der Waals surface area contributed by atoms with Crippen LogP contribution in [0.4, 0.5) is 11.5 Å². The zero-order chi connectivity index (χ0) is 24.0. The number of methoxy groups -OCH3 is 1. The van der Waals surface area contributed by atoms with Crippen LogP contribution >= 0.6 is 0 Å². The second-order valence-electron chi connectivity index (χ2n) is 8.85. The summed E-state index contributed by atoms with van der Waals surface area (Å²) in [7, 11) is 1.63. The van der Waals surface area contributed by atoms with E-state index in [1.165, 1.54) is 12.8 Å². The van der Waals surface area contributed by atoms with Crippen LogP contribution in [-0.4, -0.2) is 34.0 Å². The summed E-state index contributed by atoms with van der Waals surface area (Å²) in [6.07, 6.45) is 10.3. The van der Waals surface area contributed by atoms with Crippen LogP contribution in [0.3, 0.4) is 0 Å². The van der Waals surface area contributed by atoms with Crippen molar-refractivity contribution in [3.8, 4) is 17.1 Å². The van der Waals surface area contributed by atoms with E-state index in [1.807, 2.05) is 54.6 Å². The summed E-state index contributed by atoms with van der Waals surface area (Å²) < 4.78 is 5.44. The van der Waals surface area contributed by atoms with Gasteiger partial charge in [0.25, 0.3) is 5.91 Å². The molecular formula is C28H29N5O2. The lowest BCUT2D eigenvalue weighted by molar-refractivity contribution is 0.0934. The number of amides is 1. The maximum Gasteiger partial charge on any atom is 0.253 e. The average molecular weight is 468 g/mol. The maximum atomic E-state index is 13.3. The molecule has 0 unspecified atom stereocenters. The van der Waals surface area contributed by atoms with Crippen molar-refractivity contribution >= 4 is 28.3 Å². The van der Waals surface area contributed by atoms with E-state index in [0.717, 1.165) is 42.1 Å². The highest BCUT2D eigenvalue weighted by atomic mass is 16.5. The van der Waals surface area contributed by atoms with Crippen LogP contribution in [0.2, 0.25) is 0 Å². The lowest BCUT2D eigenvalue weighted by atomic mass is 10.1. The van der Waals surface area contributed by atoms with Crippen molar-refractivity contribution in [2.45, 2.75) is 44.6 Å². The first-order valence-corrected chi connectivity index (χ1v) is 12.1. The standard InChI is InChI=1S/C28H29N5O2/c1-35-21-14-15-25-23(17-21)27(33-26(31-25)19-9-8-16-29-18-19)32-24-13-7-6-12-22(24)28(34)30-20-10-4-2-3-5-11-20/h6-9,12-18,20H,2-5,10-11H2,1H3,(H,30,34)(H,31,32,33). The fourth-order valence-electron chi connectivity index (χ4n) is 4.56. The molecule has 4 aromatic rings. The lowest BCUT2D eigenvalue weighted by Crippen LogP contribution is -2.34. The Morgan fingerprint density at radius 2 is 1.80 bits per heavy atom. The first kappa shape index (κ1) is 22.8. The first-order valence-electron chi connectivity index (χ1n) is 12.1. The van der Waals surface area contributed by atoms with Gasteiger partial charge in [-0.1, -0.05) is 37.8 Å². The Kier molecular flexibility index (Phi) is 6.84. The number of para-hydroxylation sites is 1. The molecule has 2 heterocycles. The summed E-state index contributed by atoms with van der Waals surface area (Å²) in [6, 6.07) is 17.2. The number of hydrogen-bond acceptors (Lipinski definition) is 6. The maximum absolute atomic E-state index is 13.3. The number of aromatic nitrogens is 3. The SMILES string of the molecule is COc1ccc2nc(-c3cccnc3)nc(Nc3ccccc3C(=O)NC3CCCCCC3)c2c1.